The molecule has 6 heteroatoms. The number of hydrogen-bond acceptors (Lipinski definition) is 4. The molecule has 0 amide bonds. The van der Waals surface area contributed by atoms with Crippen molar-refractivity contribution in [1.29, 1.82) is 0 Å². The van der Waals surface area contributed by atoms with E-state index in [2.05, 4.69) is 11.8 Å². The summed E-state index contributed by atoms with van der Waals surface area (Å²) in [7, 11) is -2.00. The minimum atomic E-state index is -3.50. The van der Waals surface area contributed by atoms with Gasteiger partial charge in [0.25, 0.3) is 0 Å². The highest BCUT2D eigenvalue weighted by molar-refractivity contribution is 7.89. The summed E-state index contributed by atoms with van der Waals surface area (Å²) in [6.07, 6.45) is 0.882. The number of benzene rings is 1. The highest BCUT2D eigenvalue weighted by atomic mass is 32.2. The van der Waals surface area contributed by atoms with Crippen molar-refractivity contribution in [2.45, 2.75) is 18.2 Å². The van der Waals surface area contributed by atoms with Crippen LogP contribution in [0.4, 0.5) is 0 Å². The van der Waals surface area contributed by atoms with Gasteiger partial charge in [-0.1, -0.05) is 18.8 Å². The van der Waals surface area contributed by atoms with Crippen molar-refractivity contribution in [3.63, 3.8) is 0 Å². The molecule has 1 aliphatic rings. The Hall–Kier alpha value is -1.55. The zero-order valence-corrected chi connectivity index (χ0v) is 13.0. The van der Waals surface area contributed by atoms with Crippen molar-refractivity contribution < 1.29 is 18.3 Å². The largest absolute Gasteiger partial charge is 0.495 e. The van der Waals surface area contributed by atoms with Crippen LogP contribution >= 0.6 is 0 Å². The zero-order chi connectivity index (χ0) is 15.5. The van der Waals surface area contributed by atoms with E-state index in [0.29, 0.717) is 30.3 Å². The Bertz CT molecular complexity index is 673. The third kappa shape index (κ3) is 3.38. The Morgan fingerprint density at radius 3 is 2.81 bits per heavy atom. The SMILES string of the molecule is COc1ccc(S(=O)(=O)N2CCC(C)C2)cc1C#CCO. The summed E-state index contributed by atoms with van der Waals surface area (Å²) in [5.74, 6) is 6.10. The second-order valence-electron chi connectivity index (χ2n) is 5.08. The molecule has 21 heavy (non-hydrogen) atoms. The molecule has 0 radical (unpaired) electrons. The summed E-state index contributed by atoms with van der Waals surface area (Å²) in [6, 6.07) is 4.62. The Kier molecular flexibility index (Phi) is 4.88. The third-order valence-corrected chi connectivity index (χ3v) is 5.36. The van der Waals surface area contributed by atoms with Gasteiger partial charge in [0.2, 0.25) is 10.0 Å². The first-order valence-electron chi connectivity index (χ1n) is 6.77. The molecule has 1 aliphatic heterocycles. The van der Waals surface area contributed by atoms with Crippen molar-refractivity contribution in [2.24, 2.45) is 5.92 Å². The maximum atomic E-state index is 12.6. The Morgan fingerprint density at radius 2 is 2.24 bits per heavy atom. The fourth-order valence-electron chi connectivity index (χ4n) is 2.34. The average Bonchev–Trinajstić information content (AvgIpc) is 2.92. The maximum Gasteiger partial charge on any atom is 0.243 e. The van der Waals surface area contributed by atoms with E-state index in [1.54, 1.807) is 6.07 Å². The predicted octanol–water partition coefficient (Wildman–Crippen LogP) is 1.07. The molecule has 1 atom stereocenters. The van der Waals surface area contributed by atoms with Gasteiger partial charge in [-0.2, -0.15) is 4.31 Å². The number of aliphatic hydroxyl groups is 1. The van der Waals surface area contributed by atoms with E-state index in [1.807, 2.05) is 6.92 Å². The average molecular weight is 309 g/mol. The van der Waals surface area contributed by atoms with Crippen LogP contribution in [0, 0.1) is 17.8 Å². The van der Waals surface area contributed by atoms with Gasteiger partial charge in [0.05, 0.1) is 17.6 Å². The zero-order valence-electron chi connectivity index (χ0n) is 12.2. The molecule has 5 nitrogen and oxygen atoms in total. The van der Waals surface area contributed by atoms with E-state index < -0.39 is 10.0 Å². The van der Waals surface area contributed by atoms with Gasteiger partial charge in [-0.05, 0) is 30.5 Å². The smallest absolute Gasteiger partial charge is 0.243 e. The van der Waals surface area contributed by atoms with Gasteiger partial charge < -0.3 is 9.84 Å². The molecule has 0 aromatic heterocycles. The molecule has 0 aliphatic carbocycles. The van der Waals surface area contributed by atoms with Crippen molar-refractivity contribution in [3.8, 4) is 17.6 Å². The van der Waals surface area contributed by atoms with E-state index in [1.165, 1.54) is 23.5 Å². The van der Waals surface area contributed by atoms with Crippen LogP contribution in [0.15, 0.2) is 23.1 Å². The van der Waals surface area contributed by atoms with Crippen LogP contribution in [-0.2, 0) is 10.0 Å². The van der Waals surface area contributed by atoms with Crippen LogP contribution < -0.4 is 4.74 Å². The van der Waals surface area contributed by atoms with Crippen molar-refractivity contribution in [3.05, 3.63) is 23.8 Å². The van der Waals surface area contributed by atoms with Crippen LogP contribution in [0.3, 0.4) is 0 Å². The monoisotopic (exact) mass is 309 g/mol. The number of hydrogen-bond donors (Lipinski definition) is 1. The summed E-state index contributed by atoms with van der Waals surface area (Å²) in [5, 5.41) is 8.78. The van der Waals surface area contributed by atoms with E-state index in [9.17, 15) is 8.42 Å². The molecule has 1 heterocycles. The Morgan fingerprint density at radius 1 is 1.48 bits per heavy atom. The number of ether oxygens (including phenoxy) is 1. The lowest BCUT2D eigenvalue weighted by Crippen LogP contribution is -2.28. The van der Waals surface area contributed by atoms with Gasteiger partial charge in [0.1, 0.15) is 12.4 Å². The highest BCUT2D eigenvalue weighted by Gasteiger charge is 2.30. The first-order chi connectivity index (χ1) is 9.98. The van der Waals surface area contributed by atoms with Crippen LogP contribution in [0.1, 0.15) is 18.9 Å². The van der Waals surface area contributed by atoms with Crippen LogP contribution in [-0.4, -0.2) is 44.6 Å². The summed E-state index contributed by atoms with van der Waals surface area (Å²) in [6.45, 7) is 2.85. The predicted molar refractivity (Wildman–Crippen MR) is 79.5 cm³/mol. The van der Waals surface area contributed by atoms with Gasteiger partial charge >= 0.3 is 0 Å². The molecule has 1 aromatic carbocycles. The number of rotatable bonds is 3. The van der Waals surface area contributed by atoms with Crippen molar-refractivity contribution >= 4 is 10.0 Å². The first-order valence-corrected chi connectivity index (χ1v) is 8.21. The molecule has 2 rings (SSSR count). The fraction of sp³-hybridized carbons (Fsp3) is 0.467. The molecule has 114 valence electrons. The van der Waals surface area contributed by atoms with Crippen LogP contribution in [0.2, 0.25) is 0 Å². The molecule has 1 aromatic rings. The van der Waals surface area contributed by atoms with Gasteiger partial charge in [-0.15, -0.1) is 0 Å². The van der Waals surface area contributed by atoms with Gasteiger partial charge in [0.15, 0.2) is 0 Å². The fourth-order valence-corrected chi connectivity index (χ4v) is 3.94. The van der Waals surface area contributed by atoms with E-state index >= 15 is 0 Å². The molecular weight excluding hydrogens is 290 g/mol. The molecule has 0 spiro atoms. The number of methoxy groups -OCH3 is 1. The molecule has 1 saturated heterocycles. The lowest BCUT2D eigenvalue weighted by Gasteiger charge is -2.16. The quantitative estimate of drug-likeness (QED) is 0.848. The van der Waals surface area contributed by atoms with Crippen molar-refractivity contribution in [1.82, 2.24) is 4.31 Å². The second kappa shape index (κ2) is 6.48. The molecule has 1 fully saturated rings. The van der Waals surface area contributed by atoms with Crippen LogP contribution in [0.5, 0.6) is 5.75 Å². The topological polar surface area (TPSA) is 66.8 Å². The minimum Gasteiger partial charge on any atom is -0.495 e. The number of sulfonamides is 1. The summed E-state index contributed by atoms with van der Waals surface area (Å²) in [5.41, 5.74) is 0.458. The third-order valence-electron chi connectivity index (χ3n) is 3.50. The number of nitrogens with zero attached hydrogens (tertiary/aromatic N) is 1. The lowest BCUT2D eigenvalue weighted by atomic mass is 10.2. The second-order valence-corrected chi connectivity index (χ2v) is 7.02. The van der Waals surface area contributed by atoms with Crippen LogP contribution in [0.25, 0.3) is 0 Å². The summed E-state index contributed by atoms with van der Waals surface area (Å²) < 4.78 is 31.8. The van der Waals surface area contributed by atoms with Gasteiger partial charge in [-0.3, -0.25) is 0 Å². The Balaban J connectivity index is 2.40. The number of aliphatic hydroxyl groups excluding tert-OH is 1. The molecular formula is C15H19NO4S. The summed E-state index contributed by atoms with van der Waals surface area (Å²) >= 11 is 0. The molecule has 1 N–H and O–H groups in total. The normalized spacial score (nSPS) is 19.1. The van der Waals surface area contributed by atoms with E-state index in [-0.39, 0.29) is 11.5 Å². The lowest BCUT2D eigenvalue weighted by molar-refractivity contribution is 0.350. The van der Waals surface area contributed by atoms with E-state index in [4.69, 9.17) is 9.84 Å². The Labute approximate surface area is 125 Å². The molecule has 0 saturated carbocycles. The summed E-state index contributed by atoms with van der Waals surface area (Å²) in [4.78, 5) is 0.208. The van der Waals surface area contributed by atoms with Crippen molar-refractivity contribution in [2.75, 3.05) is 26.8 Å². The molecule has 1 unspecified atom stereocenters. The minimum absolute atomic E-state index is 0.208. The van der Waals surface area contributed by atoms with Gasteiger partial charge in [-0.25, -0.2) is 8.42 Å². The standard InChI is InChI=1S/C15H19NO4S/c1-12-7-8-16(11-12)21(18,19)14-5-6-15(20-2)13(10-14)4-3-9-17/h5-6,10,12,17H,7-9,11H2,1-2H3. The highest BCUT2D eigenvalue weighted by Crippen LogP contribution is 2.27. The first kappa shape index (κ1) is 15.8. The van der Waals surface area contributed by atoms with Gasteiger partial charge in [0, 0.05) is 13.1 Å². The maximum absolute atomic E-state index is 12.6. The van der Waals surface area contributed by atoms with E-state index in [0.717, 1.165) is 6.42 Å². The molecule has 0 bridgehead atoms.